The fourth-order valence-electron chi connectivity index (χ4n) is 2.92. The zero-order valence-electron chi connectivity index (χ0n) is 14.2. The average Bonchev–Trinajstić information content (AvgIpc) is 3.02. The van der Waals surface area contributed by atoms with Gasteiger partial charge in [-0.15, -0.1) is 0 Å². The van der Waals surface area contributed by atoms with Gasteiger partial charge in [0.1, 0.15) is 0 Å². The first-order valence-corrected chi connectivity index (χ1v) is 8.42. The molecule has 0 unspecified atom stereocenters. The maximum atomic E-state index is 12.5. The number of rotatable bonds is 4. The van der Waals surface area contributed by atoms with Gasteiger partial charge in [0, 0.05) is 19.3 Å². The van der Waals surface area contributed by atoms with E-state index in [9.17, 15) is 4.79 Å². The maximum absolute atomic E-state index is 12.5. The number of carbonyl (C=O) groups is 1. The van der Waals surface area contributed by atoms with Crippen LogP contribution in [0, 0.1) is 0 Å². The molecule has 3 rings (SSSR count). The molecule has 128 valence electrons. The summed E-state index contributed by atoms with van der Waals surface area (Å²) in [5, 5.41) is 7.25. The van der Waals surface area contributed by atoms with Crippen molar-refractivity contribution in [2.24, 2.45) is 0 Å². The van der Waals surface area contributed by atoms with Crippen molar-refractivity contribution in [3.05, 3.63) is 48.3 Å². The molecule has 1 fully saturated rings. The van der Waals surface area contributed by atoms with Crippen molar-refractivity contribution in [2.45, 2.75) is 39.0 Å². The van der Waals surface area contributed by atoms with Gasteiger partial charge in [0.25, 0.3) is 0 Å². The third-order valence-electron chi connectivity index (χ3n) is 4.14. The summed E-state index contributed by atoms with van der Waals surface area (Å²) in [5.74, 6) is 0. The van der Waals surface area contributed by atoms with E-state index >= 15 is 0 Å². The lowest BCUT2D eigenvalue weighted by atomic mass is 10.2. The number of nitrogens with one attached hydrogen (secondary N) is 1. The van der Waals surface area contributed by atoms with Crippen molar-refractivity contribution in [3.63, 3.8) is 0 Å². The number of amides is 2. The first kappa shape index (κ1) is 16.5. The number of nitrogens with zero attached hydrogens (tertiary/aromatic N) is 3. The lowest BCUT2D eigenvalue weighted by Crippen LogP contribution is -2.50. The van der Waals surface area contributed by atoms with Crippen LogP contribution in [0.3, 0.4) is 0 Å². The molecule has 6 nitrogen and oxygen atoms in total. The third kappa shape index (κ3) is 4.14. The summed E-state index contributed by atoms with van der Waals surface area (Å²) in [4.78, 5) is 14.3. The molecule has 24 heavy (non-hydrogen) atoms. The van der Waals surface area contributed by atoms with Gasteiger partial charge >= 0.3 is 6.03 Å². The second-order valence-electron chi connectivity index (χ2n) is 6.22. The van der Waals surface area contributed by atoms with Crippen LogP contribution < -0.4 is 5.32 Å². The van der Waals surface area contributed by atoms with E-state index in [0.717, 1.165) is 6.42 Å². The SMILES string of the molecule is CC[C@@H]1CN(C(=O)Nc2cnn(Cc3ccccc3)c2)C[C@@H](C)O1. The van der Waals surface area contributed by atoms with Gasteiger partial charge in [-0.2, -0.15) is 5.10 Å². The van der Waals surface area contributed by atoms with Crippen LogP contribution >= 0.6 is 0 Å². The fourth-order valence-corrected chi connectivity index (χ4v) is 2.92. The van der Waals surface area contributed by atoms with Crippen LogP contribution in [0.2, 0.25) is 0 Å². The smallest absolute Gasteiger partial charge is 0.322 e. The van der Waals surface area contributed by atoms with Crippen molar-refractivity contribution < 1.29 is 9.53 Å². The van der Waals surface area contributed by atoms with Crippen molar-refractivity contribution >= 4 is 11.7 Å². The molecule has 1 saturated heterocycles. The highest BCUT2D eigenvalue weighted by atomic mass is 16.5. The summed E-state index contributed by atoms with van der Waals surface area (Å²) in [5.41, 5.74) is 1.88. The molecule has 0 spiro atoms. The van der Waals surface area contributed by atoms with Crippen LogP contribution in [-0.2, 0) is 11.3 Å². The Labute approximate surface area is 142 Å². The minimum absolute atomic E-state index is 0.0650. The van der Waals surface area contributed by atoms with E-state index in [1.807, 2.05) is 40.9 Å². The molecule has 2 atom stereocenters. The monoisotopic (exact) mass is 328 g/mol. The van der Waals surface area contributed by atoms with E-state index in [4.69, 9.17) is 4.74 Å². The van der Waals surface area contributed by atoms with E-state index < -0.39 is 0 Å². The molecular weight excluding hydrogens is 304 g/mol. The number of benzene rings is 1. The highest BCUT2D eigenvalue weighted by Crippen LogP contribution is 2.15. The predicted molar refractivity (Wildman–Crippen MR) is 93.0 cm³/mol. The first-order valence-electron chi connectivity index (χ1n) is 8.42. The maximum Gasteiger partial charge on any atom is 0.322 e. The second kappa shape index (κ2) is 7.49. The molecule has 0 bridgehead atoms. The lowest BCUT2D eigenvalue weighted by molar-refractivity contribution is -0.0632. The summed E-state index contributed by atoms with van der Waals surface area (Å²) < 4.78 is 7.62. The van der Waals surface area contributed by atoms with E-state index in [-0.39, 0.29) is 18.2 Å². The highest BCUT2D eigenvalue weighted by Gasteiger charge is 2.27. The molecule has 0 radical (unpaired) electrons. The molecule has 2 heterocycles. The molecule has 1 aromatic heterocycles. The zero-order valence-corrected chi connectivity index (χ0v) is 14.2. The van der Waals surface area contributed by atoms with Gasteiger partial charge in [-0.3, -0.25) is 4.68 Å². The average molecular weight is 328 g/mol. The Morgan fingerprint density at radius 3 is 2.88 bits per heavy atom. The van der Waals surface area contributed by atoms with Crippen LogP contribution in [0.1, 0.15) is 25.8 Å². The molecule has 1 aliphatic rings. The van der Waals surface area contributed by atoms with Gasteiger partial charge in [-0.25, -0.2) is 4.79 Å². The third-order valence-corrected chi connectivity index (χ3v) is 4.14. The minimum Gasteiger partial charge on any atom is -0.372 e. The van der Waals surface area contributed by atoms with Crippen molar-refractivity contribution in [1.82, 2.24) is 14.7 Å². The summed E-state index contributed by atoms with van der Waals surface area (Å²) in [7, 11) is 0. The van der Waals surface area contributed by atoms with Gasteiger partial charge in [-0.05, 0) is 18.9 Å². The van der Waals surface area contributed by atoms with Crippen molar-refractivity contribution in [2.75, 3.05) is 18.4 Å². The lowest BCUT2D eigenvalue weighted by Gasteiger charge is -2.36. The van der Waals surface area contributed by atoms with Gasteiger partial charge < -0.3 is 15.0 Å². The molecule has 1 N–H and O–H groups in total. The Bertz CT molecular complexity index is 671. The summed E-state index contributed by atoms with van der Waals surface area (Å²) in [6.07, 6.45) is 4.62. The van der Waals surface area contributed by atoms with Gasteiger partial charge in [0.2, 0.25) is 0 Å². The normalized spacial score (nSPS) is 20.8. The van der Waals surface area contributed by atoms with E-state index in [1.165, 1.54) is 5.56 Å². The Hall–Kier alpha value is -2.34. The molecular formula is C18H24N4O2. The Morgan fingerprint density at radius 1 is 1.33 bits per heavy atom. The standard InChI is InChI=1S/C18H24N4O2/c1-3-17-13-21(10-14(2)24-17)18(23)20-16-9-19-22(12-16)11-15-7-5-4-6-8-15/h4-9,12,14,17H,3,10-11,13H2,1-2H3,(H,20,23)/t14-,17-/m1/s1. The summed E-state index contributed by atoms with van der Waals surface area (Å²) >= 11 is 0. The molecule has 2 aromatic rings. The van der Waals surface area contributed by atoms with Gasteiger partial charge in [0.05, 0.1) is 30.6 Å². The predicted octanol–water partition coefficient (Wildman–Crippen LogP) is 2.96. The molecule has 2 amide bonds. The molecule has 6 heteroatoms. The number of ether oxygens (including phenoxy) is 1. The Kier molecular flexibility index (Phi) is 5.15. The molecule has 1 aliphatic heterocycles. The molecule has 0 aliphatic carbocycles. The largest absolute Gasteiger partial charge is 0.372 e. The van der Waals surface area contributed by atoms with Crippen LogP contribution in [-0.4, -0.2) is 46.0 Å². The number of aromatic nitrogens is 2. The number of morpholine rings is 1. The van der Waals surface area contributed by atoms with E-state index in [1.54, 1.807) is 6.20 Å². The van der Waals surface area contributed by atoms with Crippen LogP contribution in [0.15, 0.2) is 42.7 Å². The quantitative estimate of drug-likeness (QED) is 0.939. The van der Waals surface area contributed by atoms with Crippen LogP contribution in [0.4, 0.5) is 10.5 Å². The van der Waals surface area contributed by atoms with Gasteiger partial charge in [0.15, 0.2) is 0 Å². The minimum atomic E-state index is -0.0946. The highest BCUT2D eigenvalue weighted by molar-refractivity contribution is 5.89. The summed E-state index contributed by atoms with van der Waals surface area (Å²) in [6, 6.07) is 10.0. The number of urea groups is 1. The topological polar surface area (TPSA) is 59.4 Å². The van der Waals surface area contributed by atoms with E-state index in [0.29, 0.717) is 25.3 Å². The Morgan fingerprint density at radius 2 is 2.12 bits per heavy atom. The van der Waals surface area contributed by atoms with E-state index in [2.05, 4.69) is 29.5 Å². The molecule has 0 saturated carbocycles. The molecule has 1 aromatic carbocycles. The zero-order chi connectivity index (χ0) is 16.9. The number of anilines is 1. The summed E-state index contributed by atoms with van der Waals surface area (Å²) in [6.45, 7) is 6.00. The van der Waals surface area contributed by atoms with Crippen LogP contribution in [0.5, 0.6) is 0 Å². The van der Waals surface area contributed by atoms with Gasteiger partial charge in [-0.1, -0.05) is 37.3 Å². The van der Waals surface area contributed by atoms with Crippen molar-refractivity contribution in [3.8, 4) is 0 Å². The Balaban J connectivity index is 1.59. The number of hydrogen-bond acceptors (Lipinski definition) is 3. The second-order valence-corrected chi connectivity index (χ2v) is 6.22. The van der Waals surface area contributed by atoms with Crippen molar-refractivity contribution in [1.29, 1.82) is 0 Å². The number of carbonyl (C=O) groups excluding carboxylic acids is 1. The number of hydrogen-bond donors (Lipinski definition) is 1. The first-order chi connectivity index (χ1) is 11.6. The fraction of sp³-hybridized carbons (Fsp3) is 0.444. The van der Waals surface area contributed by atoms with Crippen LogP contribution in [0.25, 0.3) is 0 Å².